The predicted molar refractivity (Wildman–Crippen MR) is 82.0 cm³/mol. The van der Waals surface area contributed by atoms with Crippen LogP contribution in [0.25, 0.3) is 0 Å². The summed E-state index contributed by atoms with van der Waals surface area (Å²) in [6.07, 6.45) is 2.51. The lowest BCUT2D eigenvalue weighted by molar-refractivity contribution is 0.112. The van der Waals surface area contributed by atoms with Gasteiger partial charge in [-0.2, -0.15) is 0 Å². The molecular formula is C16H25N3O. The van der Waals surface area contributed by atoms with Gasteiger partial charge < -0.3 is 10.9 Å². The molecule has 1 aromatic rings. The van der Waals surface area contributed by atoms with Crippen molar-refractivity contribution in [1.82, 2.24) is 4.90 Å². The van der Waals surface area contributed by atoms with Crippen molar-refractivity contribution in [3.05, 3.63) is 35.9 Å². The third-order valence-electron chi connectivity index (χ3n) is 4.60. The molecule has 0 bridgehead atoms. The quantitative estimate of drug-likeness (QED) is 0.384. The zero-order valence-electron chi connectivity index (χ0n) is 12.4. The zero-order chi connectivity index (χ0) is 14.5. The SMILES string of the molecule is CC1CCCN(CC(C(N)=NO)c2ccccc2)C1C. The highest BCUT2D eigenvalue weighted by molar-refractivity contribution is 5.87. The topological polar surface area (TPSA) is 61.8 Å². The maximum atomic E-state index is 9.06. The van der Waals surface area contributed by atoms with Crippen molar-refractivity contribution in [3.63, 3.8) is 0 Å². The Bertz CT molecular complexity index is 446. The molecule has 4 heteroatoms. The first kappa shape index (κ1) is 14.9. The van der Waals surface area contributed by atoms with Crippen LogP contribution in [0.1, 0.15) is 38.2 Å². The first-order valence-electron chi connectivity index (χ1n) is 7.40. The molecule has 0 saturated carbocycles. The summed E-state index contributed by atoms with van der Waals surface area (Å²) in [6.45, 7) is 6.48. The number of benzene rings is 1. The van der Waals surface area contributed by atoms with E-state index in [1.165, 1.54) is 12.8 Å². The van der Waals surface area contributed by atoms with Gasteiger partial charge in [-0.05, 0) is 37.8 Å². The Morgan fingerprint density at radius 2 is 2.10 bits per heavy atom. The number of oxime groups is 1. The molecule has 1 heterocycles. The molecule has 1 aliphatic heterocycles. The van der Waals surface area contributed by atoms with Crippen LogP contribution >= 0.6 is 0 Å². The van der Waals surface area contributed by atoms with E-state index in [0.717, 1.165) is 18.7 Å². The van der Waals surface area contributed by atoms with Gasteiger partial charge in [0.15, 0.2) is 0 Å². The highest BCUT2D eigenvalue weighted by atomic mass is 16.4. The molecule has 0 aromatic heterocycles. The maximum absolute atomic E-state index is 9.06. The molecule has 1 aromatic carbocycles. The van der Waals surface area contributed by atoms with Crippen LogP contribution in [-0.4, -0.2) is 35.1 Å². The minimum Gasteiger partial charge on any atom is -0.409 e. The van der Waals surface area contributed by atoms with E-state index in [1.807, 2.05) is 30.3 Å². The van der Waals surface area contributed by atoms with Crippen LogP contribution in [-0.2, 0) is 0 Å². The van der Waals surface area contributed by atoms with Crippen LogP contribution in [0.15, 0.2) is 35.5 Å². The van der Waals surface area contributed by atoms with Gasteiger partial charge in [-0.3, -0.25) is 4.90 Å². The average molecular weight is 275 g/mol. The molecule has 0 spiro atoms. The van der Waals surface area contributed by atoms with Crippen molar-refractivity contribution in [1.29, 1.82) is 0 Å². The summed E-state index contributed by atoms with van der Waals surface area (Å²) >= 11 is 0. The molecule has 0 amide bonds. The Morgan fingerprint density at radius 3 is 2.75 bits per heavy atom. The van der Waals surface area contributed by atoms with Gasteiger partial charge in [0.05, 0.1) is 5.92 Å². The van der Waals surface area contributed by atoms with Gasteiger partial charge >= 0.3 is 0 Å². The lowest BCUT2D eigenvalue weighted by Gasteiger charge is -2.39. The summed E-state index contributed by atoms with van der Waals surface area (Å²) in [5.74, 6) is 0.947. The molecule has 1 fully saturated rings. The van der Waals surface area contributed by atoms with E-state index < -0.39 is 0 Å². The molecule has 2 rings (SSSR count). The minimum absolute atomic E-state index is 0.0473. The van der Waals surface area contributed by atoms with Gasteiger partial charge in [-0.1, -0.05) is 42.4 Å². The van der Waals surface area contributed by atoms with Crippen molar-refractivity contribution in [2.24, 2.45) is 16.8 Å². The normalized spacial score (nSPS) is 26.4. The molecule has 0 aliphatic carbocycles. The van der Waals surface area contributed by atoms with Gasteiger partial charge in [0.1, 0.15) is 5.84 Å². The Hall–Kier alpha value is -1.55. The van der Waals surface area contributed by atoms with Gasteiger partial charge in [-0.25, -0.2) is 0 Å². The van der Waals surface area contributed by atoms with Crippen molar-refractivity contribution in [2.45, 2.75) is 38.6 Å². The fraction of sp³-hybridized carbons (Fsp3) is 0.562. The van der Waals surface area contributed by atoms with E-state index in [-0.39, 0.29) is 5.92 Å². The zero-order valence-corrected chi connectivity index (χ0v) is 12.4. The summed E-state index contributed by atoms with van der Waals surface area (Å²) < 4.78 is 0. The summed E-state index contributed by atoms with van der Waals surface area (Å²) in [5.41, 5.74) is 7.02. The van der Waals surface area contributed by atoms with E-state index in [9.17, 15) is 0 Å². The smallest absolute Gasteiger partial charge is 0.147 e. The van der Waals surface area contributed by atoms with Crippen LogP contribution in [0.3, 0.4) is 0 Å². The van der Waals surface area contributed by atoms with Crippen LogP contribution in [0.2, 0.25) is 0 Å². The Balaban J connectivity index is 2.16. The van der Waals surface area contributed by atoms with E-state index in [0.29, 0.717) is 17.8 Å². The standard InChI is InChI=1S/C16H25N3O/c1-12-7-6-10-19(13(12)2)11-15(16(17)18-20)14-8-4-3-5-9-14/h3-5,8-9,12-13,15,20H,6-7,10-11H2,1-2H3,(H2,17,18). The number of nitrogens with zero attached hydrogens (tertiary/aromatic N) is 2. The molecule has 4 nitrogen and oxygen atoms in total. The number of amidine groups is 1. The molecule has 3 unspecified atom stereocenters. The van der Waals surface area contributed by atoms with E-state index >= 15 is 0 Å². The predicted octanol–water partition coefficient (Wildman–Crippen LogP) is 2.64. The summed E-state index contributed by atoms with van der Waals surface area (Å²) in [4.78, 5) is 2.46. The van der Waals surface area contributed by atoms with Crippen molar-refractivity contribution in [3.8, 4) is 0 Å². The lowest BCUT2D eigenvalue weighted by Crippen LogP contribution is -2.46. The number of hydrogen-bond donors (Lipinski definition) is 2. The molecule has 3 N–H and O–H groups in total. The lowest BCUT2D eigenvalue weighted by atomic mass is 9.89. The number of nitrogens with two attached hydrogens (primary N) is 1. The second-order valence-electron chi connectivity index (χ2n) is 5.84. The van der Waals surface area contributed by atoms with Crippen LogP contribution < -0.4 is 5.73 Å². The summed E-state index contributed by atoms with van der Waals surface area (Å²) in [6, 6.07) is 10.6. The minimum atomic E-state index is -0.0473. The molecule has 1 saturated heterocycles. The molecule has 3 atom stereocenters. The van der Waals surface area contributed by atoms with Gasteiger partial charge in [0.2, 0.25) is 0 Å². The summed E-state index contributed by atoms with van der Waals surface area (Å²) in [7, 11) is 0. The van der Waals surface area contributed by atoms with Gasteiger partial charge in [0.25, 0.3) is 0 Å². The molecular weight excluding hydrogens is 250 g/mol. The third-order valence-corrected chi connectivity index (χ3v) is 4.60. The monoisotopic (exact) mass is 275 g/mol. The van der Waals surface area contributed by atoms with Crippen LogP contribution in [0, 0.1) is 5.92 Å². The molecule has 0 radical (unpaired) electrons. The average Bonchev–Trinajstić information content (AvgIpc) is 2.49. The first-order chi connectivity index (χ1) is 9.63. The fourth-order valence-corrected chi connectivity index (χ4v) is 3.04. The second-order valence-corrected chi connectivity index (χ2v) is 5.84. The van der Waals surface area contributed by atoms with Gasteiger partial charge in [-0.15, -0.1) is 0 Å². The fourth-order valence-electron chi connectivity index (χ4n) is 3.04. The van der Waals surface area contributed by atoms with E-state index in [1.54, 1.807) is 0 Å². The second kappa shape index (κ2) is 6.75. The number of piperidine rings is 1. The van der Waals surface area contributed by atoms with Crippen molar-refractivity contribution < 1.29 is 5.21 Å². The number of hydrogen-bond acceptors (Lipinski definition) is 3. The maximum Gasteiger partial charge on any atom is 0.147 e. The van der Waals surface area contributed by atoms with Crippen molar-refractivity contribution in [2.75, 3.05) is 13.1 Å². The Kier molecular flexibility index (Phi) is 5.01. The molecule has 20 heavy (non-hydrogen) atoms. The third kappa shape index (κ3) is 3.31. The van der Waals surface area contributed by atoms with Crippen molar-refractivity contribution >= 4 is 5.84 Å². The number of likely N-dealkylation sites (tertiary alicyclic amines) is 1. The molecule has 1 aliphatic rings. The molecule has 110 valence electrons. The van der Waals surface area contributed by atoms with Crippen LogP contribution in [0.4, 0.5) is 0 Å². The first-order valence-corrected chi connectivity index (χ1v) is 7.40. The van der Waals surface area contributed by atoms with Gasteiger partial charge in [0, 0.05) is 12.6 Å². The highest BCUT2D eigenvalue weighted by Crippen LogP contribution is 2.26. The Morgan fingerprint density at radius 1 is 1.40 bits per heavy atom. The summed E-state index contributed by atoms with van der Waals surface area (Å²) in [5, 5.41) is 12.3. The van der Waals surface area contributed by atoms with Crippen LogP contribution in [0.5, 0.6) is 0 Å². The number of rotatable bonds is 4. The van der Waals surface area contributed by atoms with E-state index in [4.69, 9.17) is 10.9 Å². The van der Waals surface area contributed by atoms with E-state index in [2.05, 4.69) is 23.9 Å². The highest BCUT2D eigenvalue weighted by Gasteiger charge is 2.28. The Labute approximate surface area is 121 Å². The largest absolute Gasteiger partial charge is 0.409 e.